The van der Waals surface area contributed by atoms with Crippen molar-refractivity contribution in [3.8, 4) is 0 Å². The summed E-state index contributed by atoms with van der Waals surface area (Å²) in [4.78, 5) is 26.8. The number of fused-ring (bicyclic) bond motifs is 1. The zero-order chi connectivity index (χ0) is 17.8. The van der Waals surface area contributed by atoms with Crippen LogP contribution in [0, 0.1) is 0 Å². The van der Waals surface area contributed by atoms with E-state index in [1.807, 2.05) is 42.5 Å². The quantitative estimate of drug-likeness (QED) is 0.846. The number of nitrogens with zero attached hydrogens (tertiary/aromatic N) is 1. The molecule has 2 aromatic rings. The minimum absolute atomic E-state index is 0.129. The van der Waals surface area contributed by atoms with Gasteiger partial charge >= 0.3 is 0 Å². The second-order valence-electron chi connectivity index (χ2n) is 6.31. The van der Waals surface area contributed by atoms with Gasteiger partial charge in [0.2, 0.25) is 11.8 Å². The van der Waals surface area contributed by atoms with E-state index in [9.17, 15) is 9.59 Å². The molecule has 3 rings (SSSR count). The summed E-state index contributed by atoms with van der Waals surface area (Å²) < 4.78 is 0. The molecule has 0 bridgehead atoms. The Morgan fingerprint density at radius 2 is 1.68 bits per heavy atom. The van der Waals surface area contributed by atoms with Gasteiger partial charge in [-0.2, -0.15) is 0 Å². The molecule has 0 saturated heterocycles. The van der Waals surface area contributed by atoms with Crippen molar-refractivity contribution in [3.05, 3.63) is 59.2 Å². The number of carbonyl (C=O) groups excluding carboxylic acids is 2. The standard InChI is InChI=1S/C21H24N2O2/c1-3-15-9-7-10-16(4-2)21(15)22-19(24)14-20(25)23-13-12-17-8-5-6-11-18(17)23/h5-11H,3-4,12-14H2,1-2H3,(H,22,24). The Morgan fingerprint density at radius 1 is 1.00 bits per heavy atom. The van der Waals surface area contributed by atoms with Crippen molar-refractivity contribution >= 4 is 23.2 Å². The molecule has 2 aromatic carbocycles. The molecule has 1 aliphatic rings. The molecule has 0 saturated carbocycles. The van der Waals surface area contributed by atoms with E-state index in [0.29, 0.717) is 6.54 Å². The smallest absolute Gasteiger partial charge is 0.236 e. The first-order valence-corrected chi connectivity index (χ1v) is 8.93. The van der Waals surface area contributed by atoms with Gasteiger partial charge in [-0.05, 0) is 42.0 Å². The highest BCUT2D eigenvalue weighted by Crippen LogP contribution is 2.28. The Bertz CT molecular complexity index is 776. The number of nitrogens with one attached hydrogen (secondary N) is 1. The fourth-order valence-electron chi connectivity index (χ4n) is 3.42. The Hall–Kier alpha value is -2.62. The highest BCUT2D eigenvalue weighted by Gasteiger charge is 2.25. The fraction of sp³-hybridized carbons (Fsp3) is 0.333. The zero-order valence-electron chi connectivity index (χ0n) is 14.8. The van der Waals surface area contributed by atoms with Crippen LogP contribution >= 0.6 is 0 Å². The number of benzene rings is 2. The lowest BCUT2D eigenvalue weighted by atomic mass is 10.0. The third-order valence-corrected chi connectivity index (χ3v) is 4.76. The first-order valence-electron chi connectivity index (χ1n) is 8.93. The molecule has 25 heavy (non-hydrogen) atoms. The summed E-state index contributed by atoms with van der Waals surface area (Å²) >= 11 is 0. The fourth-order valence-corrected chi connectivity index (χ4v) is 3.42. The second-order valence-corrected chi connectivity index (χ2v) is 6.31. The first kappa shape index (κ1) is 17.2. The number of amides is 2. The van der Waals surface area contributed by atoms with Crippen LogP contribution in [0.25, 0.3) is 0 Å². The van der Waals surface area contributed by atoms with Crippen LogP contribution in [0.3, 0.4) is 0 Å². The minimum atomic E-state index is -0.245. The van der Waals surface area contributed by atoms with Crippen LogP contribution in [-0.4, -0.2) is 18.4 Å². The summed E-state index contributed by atoms with van der Waals surface area (Å²) in [6.07, 6.45) is 2.41. The number of hydrogen-bond donors (Lipinski definition) is 1. The van der Waals surface area contributed by atoms with Gasteiger partial charge in [-0.1, -0.05) is 50.2 Å². The Kier molecular flexibility index (Phi) is 5.17. The second kappa shape index (κ2) is 7.51. The average molecular weight is 336 g/mol. The normalized spacial score (nSPS) is 12.8. The highest BCUT2D eigenvalue weighted by atomic mass is 16.2. The summed E-state index contributed by atoms with van der Waals surface area (Å²) in [6, 6.07) is 13.9. The van der Waals surface area contributed by atoms with Gasteiger partial charge < -0.3 is 10.2 Å². The van der Waals surface area contributed by atoms with Gasteiger partial charge in [0.25, 0.3) is 0 Å². The lowest BCUT2D eigenvalue weighted by Crippen LogP contribution is -2.32. The molecule has 0 spiro atoms. The van der Waals surface area contributed by atoms with Gasteiger partial charge in [0, 0.05) is 17.9 Å². The Morgan fingerprint density at radius 3 is 2.36 bits per heavy atom. The van der Waals surface area contributed by atoms with Crippen LogP contribution in [0.5, 0.6) is 0 Å². The summed E-state index contributed by atoms with van der Waals surface area (Å²) in [5.41, 5.74) is 5.18. The molecule has 4 heteroatoms. The van der Waals surface area contributed by atoms with Crippen LogP contribution in [-0.2, 0) is 28.9 Å². The number of rotatable bonds is 5. The number of aryl methyl sites for hydroxylation is 2. The molecule has 0 atom stereocenters. The van der Waals surface area contributed by atoms with Gasteiger partial charge in [-0.3, -0.25) is 9.59 Å². The maximum Gasteiger partial charge on any atom is 0.236 e. The van der Waals surface area contributed by atoms with Crippen molar-refractivity contribution in [1.29, 1.82) is 0 Å². The van der Waals surface area contributed by atoms with Gasteiger partial charge in [-0.15, -0.1) is 0 Å². The number of hydrogen-bond acceptors (Lipinski definition) is 2. The first-order chi connectivity index (χ1) is 12.1. The Labute approximate surface area is 148 Å². The molecule has 0 unspecified atom stereocenters. The summed E-state index contributed by atoms with van der Waals surface area (Å²) in [6.45, 7) is 4.78. The predicted molar refractivity (Wildman–Crippen MR) is 101 cm³/mol. The predicted octanol–water partition coefficient (Wildman–Crippen LogP) is 3.73. The van der Waals surface area contributed by atoms with E-state index in [0.717, 1.165) is 41.8 Å². The van der Waals surface area contributed by atoms with Gasteiger partial charge in [-0.25, -0.2) is 0 Å². The van der Waals surface area contributed by atoms with E-state index in [-0.39, 0.29) is 18.2 Å². The maximum absolute atomic E-state index is 12.6. The largest absolute Gasteiger partial charge is 0.325 e. The van der Waals surface area contributed by atoms with Crippen LogP contribution in [0.2, 0.25) is 0 Å². The van der Waals surface area contributed by atoms with E-state index in [4.69, 9.17) is 0 Å². The van der Waals surface area contributed by atoms with Crippen molar-refractivity contribution in [3.63, 3.8) is 0 Å². The molecule has 1 heterocycles. The molecule has 130 valence electrons. The zero-order valence-corrected chi connectivity index (χ0v) is 14.8. The minimum Gasteiger partial charge on any atom is -0.325 e. The van der Waals surface area contributed by atoms with E-state index in [1.54, 1.807) is 4.90 Å². The molecule has 1 aliphatic heterocycles. The van der Waals surface area contributed by atoms with Crippen molar-refractivity contribution in [2.75, 3.05) is 16.8 Å². The van der Waals surface area contributed by atoms with Crippen molar-refractivity contribution in [1.82, 2.24) is 0 Å². The van der Waals surface area contributed by atoms with Crippen LogP contribution in [0.4, 0.5) is 11.4 Å². The Balaban J connectivity index is 1.71. The molecule has 0 fully saturated rings. The molecule has 1 N–H and O–H groups in total. The van der Waals surface area contributed by atoms with Crippen LogP contribution in [0.15, 0.2) is 42.5 Å². The van der Waals surface area contributed by atoms with E-state index in [2.05, 4.69) is 19.2 Å². The maximum atomic E-state index is 12.6. The molecule has 0 radical (unpaired) electrons. The number of para-hydroxylation sites is 2. The number of carbonyl (C=O) groups is 2. The van der Waals surface area contributed by atoms with E-state index in [1.165, 1.54) is 5.56 Å². The average Bonchev–Trinajstić information content (AvgIpc) is 3.06. The molecule has 2 amide bonds. The van der Waals surface area contributed by atoms with E-state index >= 15 is 0 Å². The third-order valence-electron chi connectivity index (χ3n) is 4.76. The van der Waals surface area contributed by atoms with Crippen molar-refractivity contribution in [2.45, 2.75) is 39.5 Å². The van der Waals surface area contributed by atoms with Crippen molar-refractivity contribution < 1.29 is 9.59 Å². The summed E-state index contributed by atoms with van der Waals surface area (Å²) in [5.74, 6) is -0.389. The van der Waals surface area contributed by atoms with Crippen LogP contribution in [0.1, 0.15) is 37.0 Å². The van der Waals surface area contributed by atoms with E-state index < -0.39 is 0 Å². The third kappa shape index (κ3) is 3.58. The van der Waals surface area contributed by atoms with Crippen LogP contribution < -0.4 is 10.2 Å². The topological polar surface area (TPSA) is 49.4 Å². The van der Waals surface area contributed by atoms with Gasteiger partial charge in [0.05, 0.1) is 0 Å². The monoisotopic (exact) mass is 336 g/mol. The molecular weight excluding hydrogens is 312 g/mol. The summed E-state index contributed by atoms with van der Waals surface area (Å²) in [7, 11) is 0. The molecule has 4 nitrogen and oxygen atoms in total. The molecule has 0 aliphatic carbocycles. The lowest BCUT2D eigenvalue weighted by molar-refractivity contribution is -0.125. The molecule has 0 aromatic heterocycles. The summed E-state index contributed by atoms with van der Waals surface area (Å²) in [5, 5.41) is 2.97. The number of anilines is 2. The lowest BCUT2D eigenvalue weighted by Gasteiger charge is -2.18. The van der Waals surface area contributed by atoms with Crippen molar-refractivity contribution in [2.24, 2.45) is 0 Å². The van der Waals surface area contributed by atoms with Gasteiger partial charge in [0.15, 0.2) is 0 Å². The SMILES string of the molecule is CCc1cccc(CC)c1NC(=O)CC(=O)N1CCc2ccccc21. The van der Waals surface area contributed by atoms with Gasteiger partial charge in [0.1, 0.15) is 6.42 Å². The highest BCUT2D eigenvalue weighted by molar-refractivity contribution is 6.10. The molecular formula is C21H24N2O2.